The van der Waals surface area contributed by atoms with E-state index in [0.29, 0.717) is 12.1 Å². The molecule has 3 rings (SSSR count). The lowest BCUT2D eigenvalue weighted by molar-refractivity contribution is 0.245. The molecular formula is C17H25BrN2. The highest BCUT2D eigenvalue weighted by Gasteiger charge is 2.31. The lowest BCUT2D eigenvalue weighted by atomic mass is 9.82. The first-order chi connectivity index (χ1) is 9.74. The van der Waals surface area contributed by atoms with Crippen LogP contribution in [0, 0.1) is 5.92 Å². The van der Waals surface area contributed by atoms with Gasteiger partial charge >= 0.3 is 0 Å². The molecule has 1 heterocycles. The van der Waals surface area contributed by atoms with Crippen LogP contribution in [0.3, 0.4) is 0 Å². The molecule has 1 aromatic rings. The summed E-state index contributed by atoms with van der Waals surface area (Å²) in [7, 11) is 0. The Labute approximate surface area is 131 Å². The predicted molar refractivity (Wildman–Crippen MR) is 89.3 cm³/mol. The lowest BCUT2D eigenvalue weighted by Crippen LogP contribution is -2.58. The molecule has 2 fully saturated rings. The van der Waals surface area contributed by atoms with Gasteiger partial charge in [0, 0.05) is 35.3 Å². The summed E-state index contributed by atoms with van der Waals surface area (Å²) in [5, 5.41) is 3.80. The van der Waals surface area contributed by atoms with E-state index in [0.717, 1.165) is 23.5 Å². The van der Waals surface area contributed by atoms with Crippen LogP contribution in [-0.4, -0.2) is 25.2 Å². The minimum atomic E-state index is 0.580. The smallest absolute Gasteiger partial charge is 0.0387 e. The van der Waals surface area contributed by atoms with E-state index in [-0.39, 0.29) is 0 Å². The van der Waals surface area contributed by atoms with E-state index >= 15 is 0 Å². The second-order valence-electron chi connectivity index (χ2n) is 6.39. The molecule has 0 spiro atoms. The van der Waals surface area contributed by atoms with Gasteiger partial charge in [-0.3, -0.25) is 0 Å². The Morgan fingerprint density at radius 3 is 2.50 bits per heavy atom. The molecule has 2 unspecified atom stereocenters. The number of halogens is 1. The molecule has 3 heteroatoms. The SMILES string of the molecule is CC1CNC(C2CCCCC2)CN1c1ccc(Br)cc1. The Morgan fingerprint density at radius 1 is 1.10 bits per heavy atom. The molecule has 20 heavy (non-hydrogen) atoms. The van der Waals surface area contributed by atoms with Gasteiger partial charge in [-0.25, -0.2) is 0 Å². The van der Waals surface area contributed by atoms with Crippen molar-refractivity contribution in [3.63, 3.8) is 0 Å². The van der Waals surface area contributed by atoms with Crippen molar-refractivity contribution in [2.24, 2.45) is 5.92 Å². The maximum absolute atomic E-state index is 3.80. The first-order valence-corrected chi connectivity index (χ1v) is 8.79. The van der Waals surface area contributed by atoms with Crippen molar-refractivity contribution < 1.29 is 0 Å². The maximum atomic E-state index is 3.80. The summed E-state index contributed by atoms with van der Waals surface area (Å²) in [6, 6.07) is 10.0. The van der Waals surface area contributed by atoms with Crippen molar-refractivity contribution in [1.82, 2.24) is 5.32 Å². The van der Waals surface area contributed by atoms with Crippen LogP contribution in [0.25, 0.3) is 0 Å². The average molecular weight is 337 g/mol. The Kier molecular flexibility index (Phi) is 4.67. The van der Waals surface area contributed by atoms with Crippen LogP contribution >= 0.6 is 15.9 Å². The molecule has 2 nitrogen and oxygen atoms in total. The molecule has 0 amide bonds. The fourth-order valence-corrected chi connectivity index (χ4v) is 4.00. The minimum absolute atomic E-state index is 0.580. The largest absolute Gasteiger partial charge is 0.366 e. The molecule has 110 valence electrons. The third-order valence-corrected chi connectivity index (χ3v) is 5.51. The van der Waals surface area contributed by atoms with Crippen LogP contribution in [0.15, 0.2) is 28.7 Å². The number of rotatable bonds is 2. The molecule has 2 atom stereocenters. The molecule has 2 aliphatic rings. The van der Waals surface area contributed by atoms with E-state index < -0.39 is 0 Å². The van der Waals surface area contributed by atoms with Crippen molar-refractivity contribution >= 4 is 21.6 Å². The Balaban J connectivity index is 1.71. The molecule has 0 bridgehead atoms. The molecule has 0 radical (unpaired) electrons. The van der Waals surface area contributed by atoms with Crippen molar-refractivity contribution in [2.75, 3.05) is 18.0 Å². The van der Waals surface area contributed by atoms with Gasteiger partial charge in [-0.2, -0.15) is 0 Å². The Hall–Kier alpha value is -0.540. The number of hydrogen-bond acceptors (Lipinski definition) is 2. The number of nitrogens with zero attached hydrogens (tertiary/aromatic N) is 1. The van der Waals surface area contributed by atoms with Crippen molar-refractivity contribution in [3.8, 4) is 0 Å². The molecule has 1 aliphatic heterocycles. The zero-order valence-corrected chi connectivity index (χ0v) is 13.9. The molecule has 0 aromatic heterocycles. The maximum Gasteiger partial charge on any atom is 0.0387 e. The van der Waals surface area contributed by atoms with Gasteiger partial charge < -0.3 is 10.2 Å². The third-order valence-electron chi connectivity index (χ3n) is 4.98. The highest BCUT2D eigenvalue weighted by atomic mass is 79.9. The fourth-order valence-electron chi connectivity index (χ4n) is 3.73. The summed E-state index contributed by atoms with van der Waals surface area (Å²) in [5.41, 5.74) is 1.36. The molecule has 1 saturated carbocycles. The third kappa shape index (κ3) is 3.20. The summed E-state index contributed by atoms with van der Waals surface area (Å²) in [4.78, 5) is 2.59. The van der Waals surface area contributed by atoms with Gasteiger partial charge in [-0.1, -0.05) is 35.2 Å². The van der Waals surface area contributed by atoms with Crippen LogP contribution in [0.1, 0.15) is 39.0 Å². The molecule has 1 aliphatic carbocycles. The van der Waals surface area contributed by atoms with E-state index in [4.69, 9.17) is 0 Å². The van der Waals surface area contributed by atoms with Crippen LogP contribution in [0.4, 0.5) is 5.69 Å². The lowest BCUT2D eigenvalue weighted by Gasteiger charge is -2.44. The number of anilines is 1. The first-order valence-electron chi connectivity index (χ1n) is 7.99. The van der Waals surface area contributed by atoms with Gasteiger partial charge in [0.25, 0.3) is 0 Å². The van der Waals surface area contributed by atoms with Gasteiger partial charge in [0.2, 0.25) is 0 Å². The highest BCUT2D eigenvalue weighted by Crippen LogP contribution is 2.30. The molecule has 1 saturated heterocycles. The van der Waals surface area contributed by atoms with E-state index in [1.807, 2.05) is 0 Å². The zero-order valence-electron chi connectivity index (χ0n) is 12.3. The summed E-state index contributed by atoms with van der Waals surface area (Å²) in [5.74, 6) is 0.884. The van der Waals surface area contributed by atoms with Gasteiger partial charge in [0.05, 0.1) is 0 Å². The van der Waals surface area contributed by atoms with Crippen molar-refractivity contribution in [2.45, 2.75) is 51.1 Å². The Bertz CT molecular complexity index is 425. The normalized spacial score (nSPS) is 28.6. The van der Waals surface area contributed by atoms with E-state index in [1.54, 1.807) is 0 Å². The van der Waals surface area contributed by atoms with Crippen LogP contribution < -0.4 is 10.2 Å². The van der Waals surface area contributed by atoms with E-state index in [9.17, 15) is 0 Å². The number of benzene rings is 1. The van der Waals surface area contributed by atoms with Gasteiger partial charge in [-0.15, -0.1) is 0 Å². The second-order valence-corrected chi connectivity index (χ2v) is 7.31. The fraction of sp³-hybridized carbons (Fsp3) is 0.647. The standard InChI is InChI=1S/C17H25BrN2/c1-13-11-19-17(14-5-3-2-4-6-14)12-20(13)16-9-7-15(18)8-10-16/h7-10,13-14,17,19H,2-6,11-12H2,1H3. The molecule has 1 N–H and O–H groups in total. The van der Waals surface area contributed by atoms with Crippen LogP contribution in [-0.2, 0) is 0 Å². The van der Waals surface area contributed by atoms with Gasteiger partial charge in [0.1, 0.15) is 0 Å². The second kappa shape index (κ2) is 6.48. The summed E-state index contributed by atoms with van der Waals surface area (Å²) in [6.45, 7) is 4.59. The quantitative estimate of drug-likeness (QED) is 0.870. The van der Waals surface area contributed by atoms with E-state index in [2.05, 4.69) is 57.3 Å². The summed E-state index contributed by atoms with van der Waals surface area (Å²) < 4.78 is 1.16. The monoisotopic (exact) mass is 336 g/mol. The summed E-state index contributed by atoms with van der Waals surface area (Å²) in [6.07, 6.45) is 7.13. The number of piperazine rings is 1. The van der Waals surface area contributed by atoms with Gasteiger partial charge in [-0.05, 0) is 49.9 Å². The first kappa shape index (κ1) is 14.4. The average Bonchev–Trinajstić information content (AvgIpc) is 2.50. The van der Waals surface area contributed by atoms with Crippen LogP contribution in [0.2, 0.25) is 0 Å². The Morgan fingerprint density at radius 2 is 1.80 bits per heavy atom. The number of hydrogen-bond donors (Lipinski definition) is 1. The molecular weight excluding hydrogens is 312 g/mol. The zero-order chi connectivity index (χ0) is 13.9. The van der Waals surface area contributed by atoms with Gasteiger partial charge in [0.15, 0.2) is 0 Å². The minimum Gasteiger partial charge on any atom is -0.366 e. The predicted octanol–water partition coefficient (Wildman–Crippen LogP) is 4.20. The highest BCUT2D eigenvalue weighted by molar-refractivity contribution is 9.10. The number of nitrogens with one attached hydrogen (secondary N) is 1. The van der Waals surface area contributed by atoms with Crippen molar-refractivity contribution in [3.05, 3.63) is 28.7 Å². The van der Waals surface area contributed by atoms with Crippen LogP contribution in [0.5, 0.6) is 0 Å². The van der Waals surface area contributed by atoms with Crippen molar-refractivity contribution in [1.29, 1.82) is 0 Å². The van der Waals surface area contributed by atoms with E-state index in [1.165, 1.54) is 37.8 Å². The molecule has 1 aromatic carbocycles. The summed E-state index contributed by atoms with van der Waals surface area (Å²) >= 11 is 3.53. The topological polar surface area (TPSA) is 15.3 Å².